The molecule has 0 aromatic heterocycles. The summed E-state index contributed by atoms with van der Waals surface area (Å²) < 4.78 is 5.65. The van der Waals surface area contributed by atoms with Crippen molar-refractivity contribution in [3.05, 3.63) is 29.8 Å². The lowest BCUT2D eigenvalue weighted by Crippen LogP contribution is -2.37. The molecular formula is C15H21NO2. The Morgan fingerprint density at radius 2 is 1.89 bits per heavy atom. The van der Waals surface area contributed by atoms with Gasteiger partial charge in [-0.15, -0.1) is 0 Å². The molecule has 0 spiro atoms. The zero-order chi connectivity index (χ0) is 13.0. The molecule has 0 bridgehead atoms. The number of rotatable bonds is 4. The second-order valence-electron chi connectivity index (χ2n) is 4.74. The van der Waals surface area contributed by atoms with Crippen molar-refractivity contribution in [3.8, 4) is 0 Å². The van der Waals surface area contributed by atoms with Gasteiger partial charge in [0, 0.05) is 30.9 Å². The SMILES string of the molecule is CCOC1CCN(c2ccc(C(C)=O)cc2)CC1. The standard InChI is InChI=1S/C15H21NO2/c1-3-18-15-8-10-16(11-9-15)14-6-4-13(5-7-14)12(2)17/h4-7,15H,3,8-11H2,1-2H3. The van der Waals surface area contributed by atoms with Crippen molar-refractivity contribution in [2.45, 2.75) is 32.8 Å². The second kappa shape index (κ2) is 6.01. The van der Waals surface area contributed by atoms with Crippen LogP contribution in [0.4, 0.5) is 5.69 Å². The van der Waals surface area contributed by atoms with Crippen molar-refractivity contribution in [2.24, 2.45) is 0 Å². The number of hydrogen-bond acceptors (Lipinski definition) is 3. The van der Waals surface area contributed by atoms with Crippen LogP contribution in [0.5, 0.6) is 0 Å². The predicted molar refractivity (Wildman–Crippen MR) is 73.3 cm³/mol. The summed E-state index contributed by atoms with van der Waals surface area (Å²) in [4.78, 5) is 13.6. The summed E-state index contributed by atoms with van der Waals surface area (Å²) in [5.41, 5.74) is 1.98. The molecule has 0 radical (unpaired) electrons. The molecule has 2 rings (SSSR count). The first-order valence-electron chi connectivity index (χ1n) is 6.68. The van der Waals surface area contributed by atoms with Gasteiger partial charge in [0.2, 0.25) is 0 Å². The molecule has 18 heavy (non-hydrogen) atoms. The molecule has 3 nitrogen and oxygen atoms in total. The molecular weight excluding hydrogens is 226 g/mol. The van der Waals surface area contributed by atoms with Crippen LogP contribution in [-0.4, -0.2) is 31.6 Å². The van der Waals surface area contributed by atoms with Crippen LogP contribution in [0, 0.1) is 0 Å². The van der Waals surface area contributed by atoms with Gasteiger partial charge in [-0.3, -0.25) is 4.79 Å². The van der Waals surface area contributed by atoms with E-state index in [-0.39, 0.29) is 5.78 Å². The summed E-state index contributed by atoms with van der Waals surface area (Å²) in [6.45, 7) is 6.52. The van der Waals surface area contributed by atoms with Crippen LogP contribution < -0.4 is 4.90 Å². The first-order chi connectivity index (χ1) is 8.70. The van der Waals surface area contributed by atoms with E-state index in [2.05, 4.69) is 4.90 Å². The van der Waals surface area contributed by atoms with Crippen LogP contribution in [0.25, 0.3) is 0 Å². The number of nitrogens with zero attached hydrogens (tertiary/aromatic N) is 1. The number of Topliss-reactive ketones (excluding diaryl/α,β-unsaturated/α-hetero) is 1. The Morgan fingerprint density at radius 3 is 2.39 bits per heavy atom. The van der Waals surface area contributed by atoms with Gasteiger partial charge in [0.1, 0.15) is 0 Å². The summed E-state index contributed by atoms with van der Waals surface area (Å²) in [6.07, 6.45) is 2.59. The van der Waals surface area contributed by atoms with E-state index in [1.165, 1.54) is 5.69 Å². The largest absolute Gasteiger partial charge is 0.378 e. The number of ketones is 1. The third-order valence-corrected chi connectivity index (χ3v) is 3.48. The van der Waals surface area contributed by atoms with Crippen LogP contribution in [0.1, 0.15) is 37.0 Å². The Morgan fingerprint density at radius 1 is 1.28 bits per heavy atom. The summed E-state index contributed by atoms with van der Waals surface area (Å²) in [6, 6.07) is 7.90. The maximum atomic E-state index is 11.2. The molecule has 1 aliphatic rings. The number of piperidine rings is 1. The van der Waals surface area contributed by atoms with Gasteiger partial charge in [-0.2, -0.15) is 0 Å². The molecule has 0 atom stereocenters. The van der Waals surface area contributed by atoms with Gasteiger partial charge in [-0.25, -0.2) is 0 Å². The van der Waals surface area contributed by atoms with Crippen LogP contribution in [0.3, 0.4) is 0 Å². The molecule has 0 saturated carbocycles. The molecule has 1 aliphatic heterocycles. The average molecular weight is 247 g/mol. The third kappa shape index (κ3) is 3.10. The Bertz CT molecular complexity index is 391. The summed E-state index contributed by atoms with van der Waals surface area (Å²) in [7, 11) is 0. The summed E-state index contributed by atoms with van der Waals surface area (Å²) in [5, 5.41) is 0. The maximum absolute atomic E-state index is 11.2. The van der Waals surface area contributed by atoms with Gasteiger partial charge in [-0.1, -0.05) is 0 Å². The van der Waals surface area contributed by atoms with Crippen molar-refractivity contribution in [1.29, 1.82) is 0 Å². The third-order valence-electron chi connectivity index (χ3n) is 3.48. The molecule has 1 aromatic carbocycles. The average Bonchev–Trinajstić information content (AvgIpc) is 2.40. The fourth-order valence-electron chi connectivity index (χ4n) is 2.42. The number of carbonyl (C=O) groups is 1. The molecule has 3 heteroatoms. The van der Waals surface area contributed by atoms with Gasteiger partial charge in [-0.05, 0) is 51.0 Å². The molecule has 0 aliphatic carbocycles. The molecule has 1 saturated heterocycles. The Hall–Kier alpha value is -1.35. The molecule has 0 unspecified atom stereocenters. The summed E-state index contributed by atoms with van der Waals surface area (Å²) >= 11 is 0. The number of ether oxygens (including phenoxy) is 1. The maximum Gasteiger partial charge on any atom is 0.159 e. The highest BCUT2D eigenvalue weighted by molar-refractivity contribution is 5.94. The monoisotopic (exact) mass is 247 g/mol. The van der Waals surface area contributed by atoms with E-state index in [0.717, 1.165) is 38.1 Å². The van der Waals surface area contributed by atoms with Crippen LogP contribution >= 0.6 is 0 Å². The van der Waals surface area contributed by atoms with E-state index in [1.54, 1.807) is 6.92 Å². The number of hydrogen-bond donors (Lipinski definition) is 0. The van der Waals surface area contributed by atoms with Crippen LogP contribution in [-0.2, 0) is 4.74 Å². The first kappa shape index (κ1) is 13.1. The van der Waals surface area contributed by atoms with Crippen molar-refractivity contribution in [3.63, 3.8) is 0 Å². The molecule has 1 heterocycles. The number of anilines is 1. The number of carbonyl (C=O) groups excluding carboxylic acids is 1. The van der Waals surface area contributed by atoms with Crippen molar-refractivity contribution in [2.75, 3.05) is 24.6 Å². The quantitative estimate of drug-likeness (QED) is 0.766. The lowest BCUT2D eigenvalue weighted by molar-refractivity contribution is 0.0459. The molecule has 1 aromatic rings. The lowest BCUT2D eigenvalue weighted by Gasteiger charge is -2.33. The lowest BCUT2D eigenvalue weighted by atomic mass is 10.1. The van der Waals surface area contributed by atoms with Crippen molar-refractivity contribution < 1.29 is 9.53 Å². The molecule has 1 fully saturated rings. The van der Waals surface area contributed by atoms with Crippen molar-refractivity contribution >= 4 is 11.5 Å². The van der Waals surface area contributed by atoms with E-state index >= 15 is 0 Å². The molecule has 0 amide bonds. The topological polar surface area (TPSA) is 29.5 Å². The first-order valence-corrected chi connectivity index (χ1v) is 6.68. The Kier molecular flexibility index (Phi) is 4.37. The van der Waals surface area contributed by atoms with E-state index in [1.807, 2.05) is 31.2 Å². The fraction of sp³-hybridized carbons (Fsp3) is 0.533. The zero-order valence-electron chi connectivity index (χ0n) is 11.2. The van der Waals surface area contributed by atoms with Gasteiger partial charge >= 0.3 is 0 Å². The minimum Gasteiger partial charge on any atom is -0.378 e. The normalized spacial score (nSPS) is 16.9. The van der Waals surface area contributed by atoms with Gasteiger partial charge < -0.3 is 9.64 Å². The van der Waals surface area contributed by atoms with Crippen LogP contribution in [0.15, 0.2) is 24.3 Å². The highest BCUT2D eigenvalue weighted by atomic mass is 16.5. The van der Waals surface area contributed by atoms with E-state index < -0.39 is 0 Å². The highest BCUT2D eigenvalue weighted by Gasteiger charge is 2.19. The van der Waals surface area contributed by atoms with Crippen molar-refractivity contribution in [1.82, 2.24) is 0 Å². The highest BCUT2D eigenvalue weighted by Crippen LogP contribution is 2.21. The Labute approximate surface area is 109 Å². The summed E-state index contributed by atoms with van der Waals surface area (Å²) in [5.74, 6) is 0.122. The predicted octanol–water partition coefficient (Wildman–Crippen LogP) is 2.89. The Balaban J connectivity index is 1.95. The minimum absolute atomic E-state index is 0.122. The van der Waals surface area contributed by atoms with Gasteiger partial charge in [0.25, 0.3) is 0 Å². The van der Waals surface area contributed by atoms with E-state index in [9.17, 15) is 4.79 Å². The second-order valence-corrected chi connectivity index (χ2v) is 4.74. The molecule has 0 N–H and O–H groups in total. The van der Waals surface area contributed by atoms with E-state index in [0.29, 0.717) is 6.10 Å². The molecule has 98 valence electrons. The zero-order valence-corrected chi connectivity index (χ0v) is 11.2. The smallest absolute Gasteiger partial charge is 0.159 e. The fourth-order valence-corrected chi connectivity index (χ4v) is 2.42. The minimum atomic E-state index is 0.122. The van der Waals surface area contributed by atoms with Gasteiger partial charge in [0.15, 0.2) is 5.78 Å². The van der Waals surface area contributed by atoms with Gasteiger partial charge in [0.05, 0.1) is 6.10 Å². The van der Waals surface area contributed by atoms with E-state index in [4.69, 9.17) is 4.74 Å². The number of benzene rings is 1. The van der Waals surface area contributed by atoms with Crippen LogP contribution in [0.2, 0.25) is 0 Å².